The molecule has 1 aliphatic carbocycles. The highest BCUT2D eigenvalue weighted by molar-refractivity contribution is 7.25. The first-order valence-electron chi connectivity index (χ1n) is 19.3. The number of para-hydroxylation sites is 1. The third-order valence-corrected chi connectivity index (χ3v) is 13.1. The number of pyridine rings is 2. The SMILES string of the molecule is CC1(C)c2ccc(-c3ccc4c(c3)sc3ccccc34)cc2-c2nc(-c3ccncc3)nc(-c3ccc(-n4c5ccccc5c5cc6ccccc6cc54)nc3)c21. The van der Waals surface area contributed by atoms with E-state index in [0.717, 1.165) is 50.5 Å². The summed E-state index contributed by atoms with van der Waals surface area (Å²) in [6, 6.07) is 52.4. The van der Waals surface area contributed by atoms with Crippen LogP contribution >= 0.6 is 11.3 Å². The average Bonchev–Trinajstić information content (AvgIpc) is 3.87. The maximum Gasteiger partial charge on any atom is 0.160 e. The van der Waals surface area contributed by atoms with Crippen LogP contribution in [0.3, 0.4) is 0 Å². The van der Waals surface area contributed by atoms with Gasteiger partial charge in [0.15, 0.2) is 5.82 Å². The molecule has 5 aromatic heterocycles. The molecule has 57 heavy (non-hydrogen) atoms. The van der Waals surface area contributed by atoms with Crippen molar-refractivity contribution in [1.29, 1.82) is 0 Å². The lowest BCUT2D eigenvalue weighted by Gasteiger charge is -2.24. The summed E-state index contributed by atoms with van der Waals surface area (Å²) in [5.74, 6) is 1.54. The zero-order valence-electron chi connectivity index (χ0n) is 31.2. The van der Waals surface area contributed by atoms with Gasteiger partial charge in [-0.25, -0.2) is 15.0 Å². The van der Waals surface area contributed by atoms with Crippen molar-refractivity contribution in [2.45, 2.75) is 19.3 Å². The summed E-state index contributed by atoms with van der Waals surface area (Å²) in [5, 5.41) is 7.48. The van der Waals surface area contributed by atoms with E-state index in [1.165, 1.54) is 58.4 Å². The standard InChI is InChI=1S/C51H33N5S/c1-51(2)41-19-16-33(34-15-18-38-37-12-6-8-14-44(37)57-45(38)28-34)26-40(41)49-47(51)48(54-50(55-49)30-21-23-52-24-22-30)35-17-20-46(53-29-35)56-42-13-7-5-11-36(42)39-25-31-9-3-4-10-32(31)27-43(39)56/h3-29H,1-2H3. The molecule has 11 aromatic rings. The predicted octanol–water partition coefficient (Wildman–Crippen LogP) is 13.2. The van der Waals surface area contributed by atoms with Crippen molar-refractivity contribution in [3.63, 3.8) is 0 Å². The van der Waals surface area contributed by atoms with Gasteiger partial charge in [-0.05, 0) is 88.1 Å². The monoisotopic (exact) mass is 747 g/mol. The second kappa shape index (κ2) is 12.0. The molecule has 0 saturated carbocycles. The molecule has 0 spiro atoms. The molecular formula is C51H33N5S. The van der Waals surface area contributed by atoms with Gasteiger partial charge in [0.1, 0.15) is 5.82 Å². The Morgan fingerprint density at radius 3 is 2.07 bits per heavy atom. The van der Waals surface area contributed by atoms with E-state index < -0.39 is 0 Å². The summed E-state index contributed by atoms with van der Waals surface area (Å²) >= 11 is 1.85. The molecule has 0 fully saturated rings. The molecule has 6 heteroatoms. The Bertz CT molecular complexity index is 3430. The van der Waals surface area contributed by atoms with Gasteiger partial charge in [0, 0.05) is 77.2 Å². The van der Waals surface area contributed by atoms with Crippen LogP contribution < -0.4 is 0 Å². The fourth-order valence-electron chi connectivity index (χ4n) is 9.15. The first kappa shape index (κ1) is 32.2. The van der Waals surface area contributed by atoms with Crippen LogP contribution in [0.1, 0.15) is 25.0 Å². The van der Waals surface area contributed by atoms with E-state index in [2.05, 4.69) is 157 Å². The fourth-order valence-corrected chi connectivity index (χ4v) is 10.3. The van der Waals surface area contributed by atoms with Crippen molar-refractivity contribution >= 4 is 64.1 Å². The fraction of sp³-hybridized carbons (Fsp3) is 0.0588. The topological polar surface area (TPSA) is 56.5 Å². The van der Waals surface area contributed by atoms with Crippen LogP contribution in [-0.4, -0.2) is 24.5 Å². The second-order valence-electron chi connectivity index (χ2n) is 15.5. The summed E-state index contributed by atoms with van der Waals surface area (Å²) in [6.45, 7) is 4.59. The van der Waals surface area contributed by atoms with E-state index in [1.54, 1.807) is 12.4 Å². The lowest BCUT2D eigenvalue weighted by molar-refractivity contribution is 0.658. The van der Waals surface area contributed by atoms with E-state index in [-0.39, 0.29) is 5.41 Å². The molecule has 0 radical (unpaired) electrons. The molecule has 0 aliphatic heterocycles. The van der Waals surface area contributed by atoms with E-state index in [9.17, 15) is 0 Å². The Balaban J connectivity index is 1.03. The molecule has 12 rings (SSSR count). The van der Waals surface area contributed by atoms with Gasteiger partial charge >= 0.3 is 0 Å². The maximum absolute atomic E-state index is 5.35. The third-order valence-electron chi connectivity index (χ3n) is 11.9. The van der Waals surface area contributed by atoms with Gasteiger partial charge in [-0.2, -0.15) is 0 Å². The number of aromatic nitrogens is 5. The minimum atomic E-state index is -0.350. The maximum atomic E-state index is 5.35. The molecule has 0 amide bonds. The molecule has 268 valence electrons. The minimum absolute atomic E-state index is 0.350. The number of benzene rings is 6. The summed E-state index contributed by atoms with van der Waals surface area (Å²) < 4.78 is 4.89. The van der Waals surface area contributed by atoms with E-state index in [1.807, 2.05) is 29.7 Å². The van der Waals surface area contributed by atoms with Crippen LogP contribution in [0.4, 0.5) is 0 Å². The van der Waals surface area contributed by atoms with Crippen molar-refractivity contribution in [2.75, 3.05) is 0 Å². The van der Waals surface area contributed by atoms with Crippen molar-refractivity contribution in [3.8, 4) is 50.8 Å². The Morgan fingerprint density at radius 2 is 1.23 bits per heavy atom. The normalized spacial score (nSPS) is 13.2. The van der Waals surface area contributed by atoms with Gasteiger partial charge in [-0.1, -0.05) is 98.8 Å². The summed E-state index contributed by atoms with van der Waals surface area (Å²) in [5.41, 5.74) is 11.5. The van der Waals surface area contributed by atoms with Crippen molar-refractivity contribution in [3.05, 3.63) is 175 Å². The van der Waals surface area contributed by atoms with Crippen molar-refractivity contribution in [1.82, 2.24) is 24.5 Å². The highest BCUT2D eigenvalue weighted by Gasteiger charge is 2.40. The van der Waals surface area contributed by atoms with Gasteiger partial charge in [-0.15, -0.1) is 11.3 Å². The first-order chi connectivity index (χ1) is 28.0. The minimum Gasteiger partial charge on any atom is -0.294 e. The number of thiophene rings is 1. The Kier molecular flexibility index (Phi) is 6.78. The molecule has 0 atom stereocenters. The quantitative estimate of drug-likeness (QED) is 0.180. The van der Waals surface area contributed by atoms with E-state index >= 15 is 0 Å². The Labute approximate surface area is 332 Å². The molecule has 6 aromatic carbocycles. The Morgan fingerprint density at radius 1 is 0.526 bits per heavy atom. The first-order valence-corrected chi connectivity index (χ1v) is 20.1. The van der Waals surface area contributed by atoms with Crippen LogP contribution in [0.25, 0.3) is 104 Å². The third kappa shape index (κ3) is 4.81. The van der Waals surface area contributed by atoms with Crippen molar-refractivity contribution < 1.29 is 0 Å². The second-order valence-corrected chi connectivity index (χ2v) is 16.6. The predicted molar refractivity (Wildman–Crippen MR) is 236 cm³/mol. The average molecular weight is 748 g/mol. The highest BCUT2D eigenvalue weighted by Crippen LogP contribution is 2.52. The van der Waals surface area contributed by atoms with Gasteiger partial charge in [-0.3, -0.25) is 9.55 Å². The van der Waals surface area contributed by atoms with Crippen LogP contribution in [0.2, 0.25) is 0 Å². The summed E-state index contributed by atoms with van der Waals surface area (Å²) in [4.78, 5) is 20.2. The zero-order chi connectivity index (χ0) is 37.8. The largest absolute Gasteiger partial charge is 0.294 e. The Hall–Kier alpha value is -7.02. The lowest BCUT2D eigenvalue weighted by atomic mass is 9.80. The number of hydrogen-bond acceptors (Lipinski definition) is 5. The molecule has 0 unspecified atom stereocenters. The number of fused-ring (bicyclic) bond motifs is 10. The number of rotatable bonds is 4. The zero-order valence-corrected chi connectivity index (χ0v) is 32.0. The van der Waals surface area contributed by atoms with Crippen LogP contribution in [-0.2, 0) is 5.41 Å². The van der Waals surface area contributed by atoms with Crippen LogP contribution in [0.5, 0.6) is 0 Å². The van der Waals surface area contributed by atoms with E-state index in [0.29, 0.717) is 5.82 Å². The van der Waals surface area contributed by atoms with Crippen LogP contribution in [0, 0.1) is 0 Å². The van der Waals surface area contributed by atoms with Crippen LogP contribution in [0.15, 0.2) is 164 Å². The molecule has 5 heterocycles. The summed E-state index contributed by atoms with van der Waals surface area (Å²) in [7, 11) is 0. The van der Waals surface area contributed by atoms with Gasteiger partial charge in [0.2, 0.25) is 0 Å². The smallest absolute Gasteiger partial charge is 0.160 e. The number of hydrogen-bond donors (Lipinski definition) is 0. The molecule has 1 aliphatic rings. The van der Waals surface area contributed by atoms with E-state index in [4.69, 9.17) is 15.0 Å². The summed E-state index contributed by atoms with van der Waals surface area (Å²) in [6.07, 6.45) is 5.59. The molecule has 0 bridgehead atoms. The van der Waals surface area contributed by atoms with Gasteiger partial charge in [0.25, 0.3) is 0 Å². The number of nitrogens with zero attached hydrogens (tertiary/aromatic N) is 5. The van der Waals surface area contributed by atoms with Gasteiger partial charge in [0.05, 0.1) is 22.4 Å². The molecule has 0 saturated heterocycles. The lowest BCUT2D eigenvalue weighted by Crippen LogP contribution is -2.17. The molecule has 0 N–H and O–H groups in total. The highest BCUT2D eigenvalue weighted by atomic mass is 32.1. The molecular weight excluding hydrogens is 715 g/mol. The van der Waals surface area contributed by atoms with Crippen molar-refractivity contribution in [2.24, 2.45) is 0 Å². The van der Waals surface area contributed by atoms with Gasteiger partial charge < -0.3 is 0 Å². The molecule has 5 nitrogen and oxygen atoms in total.